The predicted molar refractivity (Wildman–Crippen MR) is 115 cm³/mol. The molecule has 0 bridgehead atoms. The van der Waals surface area contributed by atoms with Gasteiger partial charge >= 0.3 is 5.97 Å². The predicted octanol–water partition coefficient (Wildman–Crippen LogP) is 5.70. The number of rotatable bonds is 7. The normalized spacial score (nSPS) is 14.8. The summed E-state index contributed by atoms with van der Waals surface area (Å²) >= 11 is 1.59. The zero-order valence-electron chi connectivity index (χ0n) is 16.4. The number of carbonyl (C=O) groups is 2. The topological polar surface area (TPSA) is 56.3 Å². The van der Waals surface area contributed by atoms with Crippen molar-refractivity contribution in [2.75, 3.05) is 6.61 Å². The smallest absolute Gasteiger partial charge is 0.306 e. The van der Waals surface area contributed by atoms with E-state index in [0.717, 1.165) is 15.2 Å². The van der Waals surface area contributed by atoms with Crippen LogP contribution in [-0.4, -0.2) is 23.3 Å². The van der Waals surface area contributed by atoms with Crippen molar-refractivity contribution in [3.63, 3.8) is 0 Å². The number of benzene rings is 2. The van der Waals surface area contributed by atoms with Crippen LogP contribution in [0.1, 0.15) is 65.4 Å². The van der Waals surface area contributed by atoms with Crippen LogP contribution in [0.15, 0.2) is 48.5 Å². The van der Waals surface area contributed by atoms with Gasteiger partial charge in [0.1, 0.15) is 0 Å². The van der Waals surface area contributed by atoms with Crippen molar-refractivity contribution in [2.24, 2.45) is 0 Å². The number of carbonyl (C=O) groups excluding carboxylic acids is 2. The second-order valence-electron chi connectivity index (χ2n) is 7.62. The summed E-state index contributed by atoms with van der Waals surface area (Å²) in [6, 6.07) is 15.7. The fourth-order valence-electron chi connectivity index (χ4n) is 3.91. The van der Waals surface area contributed by atoms with E-state index in [1.54, 1.807) is 11.3 Å². The maximum Gasteiger partial charge on any atom is 0.306 e. The third-order valence-corrected chi connectivity index (χ3v) is 6.65. The Labute approximate surface area is 174 Å². The van der Waals surface area contributed by atoms with Crippen LogP contribution < -0.4 is 0 Å². The van der Waals surface area contributed by atoms with E-state index in [9.17, 15) is 9.59 Å². The van der Waals surface area contributed by atoms with E-state index < -0.39 is 0 Å². The number of ketones is 1. The minimum atomic E-state index is -0.364. The van der Waals surface area contributed by atoms with Crippen molar-refractivity contribution in [3.05, 3.63) is 64.7 Å². The van der Waals surface area contributed by atoms with E-state index in [1.807, 2.05) is 36.4 Å². The molecule has 2 aromatic carbocycles. The highest BCUT2D eigenvalue weighted by atomic mass is 32.1. The second-order valence-corrected chi connectivity index (χ2v) is 8.73. The van der Waals surface area contributed by atoms with Crippen LogP contribution in [-0.2, 0) is 16.0 Å². The average Bonchev–Trinajstić information content (AvgIpc) is 3.20. The lowest BCUT2D eigenvalue weighted by Crippen LogP contribution is -2.14. The maximum absolute atomic E-state index is 12.3. The SMILES string of the molecule is O=C(CCc1nc2ccccc2s1)OCC(=O)c1ccc(C2CCCCC2)cc1. The number of thiazole rings is 1. The molecule has 0 amide bonds. The van der Waals surface area contributed by atoms with Crippen LogP contribution in [0.5, 0.6) is 0 Å². The van der Waals surface area contributed by atoms with Gasteiger partial charge in [0.05, 0.1) is 21.6 Å². The van der Waals surface area contributed by atoms with Gasteiger partial charge in [-0.2, -0.15) is 0 Å². The monoisotopic (exact) mass is 407 g/mol. The number of Topliss-reactive ketones (excluding diaryl/α,β-unsaturated/α-hetero) is 1. The molecule has 1 heterocycles. The lowest BCUT2D eigenvalue weighted by Gasteiger charge is -2.22. The van der Waals surface area contributed by atoms with Gasteiger partial charge in [-0.1, -0.05) is 55.7 Å². The van der Waals surface area contributed by atoms with E-state index in [2.05, 4.69) is 17.1 Å². The molecule has 1 saturated carbocycles. The van der Waals surface area contributed by atoms with Crippen LogP contribution in [0.2, 0.25) is 0 Å². The molecule has 0 spiro atoms. The molecule has 0 saturated heterocycles. The Morgan fingerprint density at radius 1 is 1.00 bits per heavy atom. The summed E-state index contributed by atoms with van der Waals surface area (Å²) in [5.41, 5.74) is 2.87. The standard InChI is InChI=1S/C24H25NO3S/c26-21(19-12-10-18(11-13-19)17-6-2-1-3-7-17)16-28-24(27)15-14-23-25-20-8-4-5-9-22(20)29-23/h4-5,8-13,17H,1-3,6-7,14-16H2. The van der Waals surface area contributed by atoms with Crippen molar-refractivity contribution < 1.29 is 14.3 Å². The number of aryl methyl sites for hydroxylation is 1. The van der Waals surface area contributed by atoms with Gasteiger partial charge in [0, 0.05) is 12.0 Å². The first kappa shape index (κ1) is 19.8. The summed E-state index contributed by atoms with van der Waals surface area (Å²) in [5.74, 6) is 0.0956. The molecule has 0 unspecified atom stereocenters. The molecule has 1 aromatic heterocycles. The molecule has 29 heavy (non-hydrogen) atoms. The molecule has 0 aliphatic heterocycles. The minimum Gasteiger partial charge on any atom is -0.457 e. The quantitative estimate of drug-likeness (QED) is 0.372. The van der Waals surface area contributed by atoms with Crippen molar-refractivity contribution in [1.82, 2.24) is 4.98 Å². The van der Waals surface area contributed by atoms with Crippen LogP contribution in [0.25, 0.3) is 10.2 Å². The van der Waals surface area contributed by atoms with Crippen molar-refractivity contribution in [2.45, 2.75) is 50.9 Å². The largest absolute Gasteiger partial charge is 0.457 e. The van der Waals surface area contributed by atoms with E-state index in [1.165, 1.54) is 37.7 Å². The molecule has 4 rings (SSSR count). The maximum atomic E-state index is 12.3. The molecule has 0 N–H and O–H groups in total. The van der Waals surface area contributed by atoms with Crippen molar-refractivity contribution in [1.29, 1.82) is 0 Å². The number of esters is 1. The summed E-state index contributed by atoms with van der Waals surface area (Å²) < 4.78 is 6.30. The third-order valence-electron chi connectivity index (χ3n) is 5.55. The second kappa shape index (κ2) is 9.31. The Morgan fingerprint density at radius 3 is 2.52 bits per heavy atom. The average molecular weight is 408 g/mol. The van der Waals surface area contributed by atoms with Crippen LogP contribution in [0.4, 0.5) is 0 Å². The highest BCUT2D eigenvalue weighted by molar-refractivity contribution is 7.18. The number of para-hydroxylation sites is 1. The number of nitrogens with zero attached hydrogens (tertiary/aromatic N) is 1. The molecule has 3 aromatic rings. The molecule has 5 heteroatoms. The molecule has 4 nitrogen and oxygen atoms in total. The summed E-state index contributed by atoms with van der Waals surface area (Å²) in [4.78, 5) is 28.9. The Bertz CT molecular complexity index is 954. The van der Waals surface area contributed by atoms with Crippen molar-refractivity contribution in [3.8, 4) is 0 Å². The van der Waals surface area contributed by atoms with Gasteiger partial charge in [-0.15, -0.1) is 11.3 Å². The van der Waals surface area contributed by atoms with Gasteiger partial charge in [0.25, 0.3) is 0 Å². The van der Waals surface area contributed by atoms with Gasteiger partial charge in [-0.05, 0) is 36.5 Å². The molecule has 1 fully saturated rings. The Balaban J connectivity index is 1.24. The van der Waals surface area contributed by atoms with Crippen LogP contribution in [0.3, 0.4) is 0 Å². The Kier molecular flexibility index (Phi) is 6.35. The zero-order valence-corrected chi connectivity index (χ0v) is 17.2. The first-order valence-electron chi connectivity index (χ1n) is 10.3. The first-order valence-corrected chi connectivity index (χ1v) is 11.1. The number of ether oxygens (including phenoxy) is 1. The first-order chi connectivity index (χ1) is 14.2. The number of fused-ring (bicyclic) bond motifs is 1. The van der Waals surface area contributed by atoms with E-state index in [0.29, 0.717) is 17.9 Å². The van der Waals surface area contributed by atoms with Gasteiger partial charge in [0.15, 0.2) is 12.4 Å². The number of hydrogen-bond donors (Lipinski definition) is 0. The highest BCUT2D eigenvalue weighted by Gasteiger charge is 2.16. The molecule has 0 radical (unpaired) electrons. The fraction of sp³-hybridized carbons (Fsp3) is 0.375. The third kappa shape index (κ3) is 5.10. The van der Waals surface area contributed by atoms with E-state index >= 15 is 0 Å². The van der Waals surface area contributed by atoms with Crippen LogP contribution in [0, 0.1) is 0 Å². The lowest BCUT2D eigenvalue weighted by atomic mass is 9.84. The Morgan fingerprint density at radius 2 is 1.76 bits per heavy atom. The lowest BCUT2D eigenvalue weighted by molar-refractivity contribution is -0.142. The zero-order chi connectivity index (χ0) is 20.1. The number of aromatic nitrogens is 1. The van der Waals surface area contributed by atoms with Gasteiger partial charge in [-0.25, -0.2) is 4.98 Å². The summed E-state index contributed by atoms with van der Waals surface area (Å²) in [7, 11) is 0. The summed E-state index contributed by atoms with van der Waals surface area (Å²) in [6.45, 7) is -0.207. The minimum absolute atomic E-state index is 0.159. The molecular formula is C24H25NO3S. The molecule has 0 atom stereocenters. The number of hydrogen-bond acceptors (Lipinski definition) is 5. The fourth-order valence-corrected chi connectivity index (χ4v) is 4.88. The van der Waals surface area contributed by atoms with Gasteiger partial charge < -0.3 is 4.74 Å². The summed E-state index contributed by atoms with van der Waals surface area (Å²) in [5, 5.41) is 0.910. The molecular weight excluding hydrogens is 382 g/mol. The Hall–Kier alpha value is -2.53. The summed E-state index contributed by atoms with van der Waals surface area (Å²) in [6.07, 6.45) is 7.14. The van der Waals surface area contributed by atoms with Gasteiger partial charge in [-0.3, -0.25) is 9.59 Å². The van der Waals surface area contributed by atoms with Gasteiger partial charge in [0.2, 0.25) is 0 Å². The highest BCUT2D eigenvalue weighted by Crippen LogP contribution is 2.32. The van der Waals surface area contributed by atoms with Crippen molar-refractivity contribution >= 4 is 33.3 Å². The van der Waals surface area contributed by atoms with Crippen LogP contribution >= 0.6 is 11.3 Å². The molecule has 1 aliphatic carbocycles. The van der Waals surface area contributed by atoms with E-state index in [4.69, 9.17) is 4.74 Å². The van der Waals surface area contributed by atoms with E-state index in [-0.39, 0.29) is 24.8 Å². The molecule has 150 valence electrons. The molecule has 1 aliphatic rings.